The predicted octanol–water partition coefficient (Wildman–Crippen LogP) is 16.8. The molecule has 0 spiro atoms. The molecule has 4 saturated carbocycles. The van der Waals surface area contributed by atoms with Gasteiger partial charge in [0.25, 0.3) is 0 Å². The van der Waals surface area contributed by atoms with Gasteiger partial charge in [0.1, 0.15) is 12.1 Å². The SMILES string of the molecule is COC(=O)N[C@H](C(=O)N1CCC[C@H]1C1=NC=C(c2ccc(-c3ccc(C4=CN=C([C@H]5C6CCC(C6)[C@@H]5C(=O)Nc5ccccc5)C4)cc3)cc2)C1)C(C)C.COC(=O)N[C@H](C(=O)N1CCC[C@H]1C1=NC=C(c2ccc(-c3ccc(C4=CN=C([C@H]5C6CCC(C6)[C@H]5C(=O)Nc5ccccc5)C4)cc3)cc2)C1)C(C)C. The molecule has 6 heterocycles. The van der Waals surface area contributed by atoms with Crippen molar-refractivity contribution in [3.8, 4) is 22.3 Å². The molecule has 6 amide bonds. The van der Waals surface area contributed by atoms with Gasteiger partial charge in [-0.3, -0.25) is 39.1 Å². The average Bonchev–Trinajstić information content (AvgIpc) is 1.60. The van der Waals surface area contributed by atoms with Gasteiger partial charge in [0.2, 0.25) is 23.6 Å². The minimum Gasteiger partial charge on any atom is -0.453 e. The number of hydrogen-bond acceptors (Lipinski definition) is 12. The summed E-state index contributed by atoms with van der Waals surface area (Å²) < 4.78 is 9.55. The van der Waals surface area contributed by atoms with Gasteiger partial charge in [-0.1, -0.05) is 161 Å². The normalized spacial score (nSPS) is 24.9. The second-order valence-electron chi connectivity index (χ2n) is 31.7. The molecule has 4 bridgehead atoms. The quantitative estimate of drug-likeness (QED) is 0.0574. The smallest absolute Gasteiger partial charge is 0.407 e. The third-order valence-corrected chi connectivity index (χ3v) is 24.6. The molecule has 18 heteroatoms. The molecule has 18 nitrogen and oxygen atoms in total. The Balaban J connectivity index is 0.000000172. The fraction of sp³-hybridized carbons (Fsp3) is 0.400. The number of alkyl carbamates (subject to hydrolysis) is 2. The number of benzene rings is 6. The number of para-hydroxylation sites is 2. The molecule has 4 unspecified atom stereocenters. The summed E-state index contributed by atoms with van der Waals surface area (Å²) in [6.07, 6.45) is 20.1. The zero-order valence-electron chi connectivity index (χ0n) is 62.7. The minimum absolute atomic E-state index is 0.0140. The van der Waals surface area contributed by atoms with Crippen LogP contribution in [-0.2, 0) is 28.7 Å². The maximum Gasteiger partial charge on any atom is 0.407 e. The van der Waals surface area contributed by atoms with Crippen LogP contribution in [0.25, 0.3) is 44.5 Å². The largest absolute Gasteiger partial charge is 0.453 e. The molecule has 4 N–H and O–H groups in total. The maximum atomic E-state index is 13.6. The standard InChI is InChI=1S/2C45H49N5O4/c2*1-27(2)42(49-45(53)54-3)44(52)50-21-7-10-39(50)37-23-34(25-46-37)30-15-11-28(12-16-30)29-13-17-31(18-14-29)35-24-38(47-26-35)40-32-19-20-33(22-32)41(40)43(51)48-36-8-5-4-6-9-36/h2*4-6,8-9,11-18,25-27,32-33,39-42H,7,10,19-24H2,1-3H3,(H,48,51)(H,49,53)/t32?,33?,39-,40+,41+,42-;32?,33?,39-,40+,41-,42-/m00/s1. The molecular weight excluding hydrogens is 1350 g/mol. The number of allylic oxidation sites excluding steroid dienone is 4. The second-order valence-corrected chi connectivity index (χ2v) is 31.7. The van der Waals surface area contributed by atoms with Gasteiger partial charge in [-0.05, 0) is 191 Å². The van der Waals surface area contributed by atoms with E-state index in [9.17, 15) is 28.8 Å². The first-order chi connectivity index (χ1) is 52.5. The molecular formula is C90H98N10O8. The fourth-order valence-electron chi connectivity index (χ4n) is 19.1. The Labute approximate surface area is 633 Å². The first-order valence-corrected chi connectivity index (χ1v) is 39.0. The number of methoxy groups -OCH3 is 2. The van der Waals surface area contributed by atoms with E-state index in [1.165, 1.54) is 60.8 Å². The van der Waals surface area contributed by atoms with Crippen molar-refractivity contribution in [2.24, 2.45) is 79.1 Å². The van der Waals surface area contributed by atoms with Crippen LogP contribution in [-0.4, -0.2) is 120 Å². The number of nitrogens with zero attached hydrogens (tertiary/aromatic N) is 6. The van der Waals surface area contributed by atoms with Gasteiger partial charge in [-0.25, -0.2) is 9.59 Å². The van der Waals surface area contributed by atoms with Gasteiger partial charge in [-0.15, -0.1) is 0 Å². The van der Waals surface area contributed by atoms with E-state index in [4.69, 9.17) is 29.4 Å². The van der Waals surface area contributed by atoms with Crippen LogP contribution in [0.4, 0.5) is 21.0 Å². The lowest BCUT2D eigenvalue weighted by molar-refractivity contribution is -0.134. The Hall–Kier alpha value is -10.6. The predicted molar refractivity (Wildman–Crippen MR) is 427 cm³/mol. The molecule has 6 aromatic carbocycles. The van der Waals surface area contributed by atoms with Crippen molar-refractivity contribution >= 4 is 92.3 Å². The summed E-state index contributed by atoms with van der Waals surface area (Å²) in [4.78, 5) is 101. The van der Waals surface area contributed by atoms with Crippen molar-refractivity contribution in [3.05, 3.63) is 205 Å². The molecule has 108 heavy (non-hydrogen) atoms. The monoisotopic (exact) mass is 1450 g/mol. The summed E-state index contributed by atoms with van der Waals surface area (Å²) in [5.41, 5.74) is 19.9. The van der Waals surface area contributed by atoms with Crippen molar-refractivity contribution in [2.45, 2.75) is 142 Å². The highest BCUT2D eigenvalue weighted by molar-refractivity contribution is 6.08. The number of rotatable bonds is 20. The van der Waals surface area contributed by atoms with Crippen molar-refractivity contribution in [1.82, 2.24) is 20.4 Å². The van der Waals surface area contributed by atoms with Gasteiger partial charge in [-0.2, -0.15) is 0 Å². The summed E-state index contributed by atoms with van der Waals surface area (Å²) in [5.74, 6) is 2.32. The molecule has 0 radical (unpaired) electrons. The van der Waals surface area contributed by atoms with Crippen molar-refractivity contribution in [1.29, 1.82) is 0 Å². The third kappa shape index (κ3) is 15.3. The van der Waals surface area contributed by atoms with E-state index in [-0.39, 0.29) is 71.2 Å². The van der Waals surface area contributed by atoms with E-state index in [2.05, 4.69) is 118 Å². The maximum absolute atomic E-state index is 13.6. The zero-order chi connectivity index (χ0) is 74.7. The summed E-state index contributed by atoms with van der Waals surface area (Å²) in [5, 5.41) is 11.8. The molecule has 6 aliphatic heterocycles. The molecule has 12 atom stereocenters. The van der Waals surface area contributed by atoms with Crippen molar-refractivity contribution < 1.29 is 38.2 Å². The highest BCUT2D eigenvalue weighted by Crippen LogP contribution is 2.56. The van der Waals surface area contributed by atoms with Gasteiger partial charge in [0, 0.05) is 121 Å². The molecule has 4 aliphatic carbocycles. The van der Waals surface area contributed by atoms with Crippen LogP contribution in [0, 0.1) is 59.2 Å². The summed E-state index contributed by atoms with van der Waals surface area (Å²) in [6.45, 7) is 9.01. The number of ether oxygens (including phenoxy) is 2. The van der Waals surface area contributed by atoms with Crippen LogP contribution in [0.1, 0.15) is 140 Å². The van der Waals surface area contributed by atoms with Crippen LogP contribution in [0.5, 0.6) is 0 Å². The van der Waals surface area contributed by atoms with E-state index in [1.807, 2.05) is 123 Å². The number of hydrogen-bond donors (Lipinski definition) is 4. The molecule has 2 saturated heterocycles. The van der Waals surface area contributed by atoms with E-state index in [0.717, 1.165) is 132 Å². The minimum atomic E-state index is -0.644. The van der Waals surface area contributed by atoms with Crippen LogP contribution in [0.15, 0.2) is 202 Å². The molecule has 6 aromatic rings. The number of amides is 6. The number of likely N-dealkylation sites (tertiary alicyclic amines) is 2. The lowest BCUT2D eigenvalue weighted by Crippen LogP contribution is -2.53. The number of nitrogens with one attached hydrogen (secondary N) is 4. The number of carbonyl (C=O) groups excluding carboxylic acids is 6. The number of aliphatic imine (C=N–C) groups is 4. The van der Waals surface area contributed by atoms with Crippen molar-refractivity contribution in [3.63, 3.8) is 0 Å². The zero-order valence-corrected chi connectivity index (χ0v) is 62.7. The first-order valence-electron chi connectivity index (χ1n) is 39.0. The van der Waals surface area contributed by atoms with Crippen LogP contribution in [0.2, 0.25) is 0 Å². The van der Waals surface area contributed by atoms with Crippen molar-refractivity contribution in [2.75, 3.05) is 37.9 Å². The number of fused-ring (bicyclic) bond motifs is 4. The summed E-state index contributed by atoms with van der Waals surface area (Å²) >= 11 is 0. The number of carbonyl (C=O) groups is 6. The van der Waals surface area contributed by atoms with Crippen LogP contribution < -0.4 is 21.3 Å². The topological polar surface area (TPSA) is 225 Å². The third-order valence-electron chi connectivity index (χ3n) is 24.6. The van der Waals surface area contributed by atoms with E-state index >= 15 is 0 Å². The highest BCUT2D eigenvalue weighted by atomic mass is 16.5. The number of anilines is 2. The lowest BCUT2D eigenvalue weighted by atomic mass is 9.75. The lowest BCUT2D eigenvalue weighted by Gasteiger charge is -2.31. The molecule has 6 fully saturated rings. The average molecular weight is 1450 g/mol. The van der Waals surface area contributed by atoms with Gasteiger partial charge in [0.05, 0.1) is 26.3 Å². The molecule has 0 aromatic heterocycles. The summed E-state index contributed by atoms with van der Waals surface area (Å²) in [6, 6.07) is 52.9. The van der Waals surface area contributed by atoms with Crippen LogP contribution in [0.3, 0.4) is 0 Å². The van der Waals surface area contributed by atoms with E-state index < -0.39 is 24.3 Å². The Morgan fingerprint density at radius 2 is 0.676 bits per heavy atom. The first kappa shape index (κ1) is 72.9. The highest BCUT2D eigenvalue weighted by Gasteiger charge is 2.54. The summed E-state index contributed by atoms with van der Waals surface area (Å²) in [7, 11) is 2.62. The second kappa shape index (κ2) is 32.1. The van der Waals surface area contributed by atoms with Gasteiger partial charge < -0.3 is 40.5 Å². The van der Waals surface area contributed by atoms with Gasteiger partial charge in [0.15, 0.2) is 0 Å². The van der Waals surface area contributed by atoms with Crippen LogP contribution >= 0.6 is 0 Å². The molecule has 10 aliphatic rings. The van der Waals surface area contributed by atoms with Gasteiger partial charge >= 0.3 is 12.2 Å². The fourth-order valence-corrected chi connectivity index (χ4v) is 19.1. The Morgan fingerprint density at radius 3 is 0.991 bits per heavy atom. The Kier molecular flexibility index (Phi) is 21.6. The van der Waals surface area contributed by atoms with E-state index in [1.54, 1.807) is 0 Å². The van der Waals surface area contributed by atoms with E-state index in [0.29, 0.717) is 49.6 Å². The Morgan fingerprint density at radius 1 is 0.380 bits per heavy atom. The molecule has 16 rings (SSSR count). The Bertz CT molecular complexity index is 4360. The molecule has 556 valence electrons.